The first-order chi connectivity index (χ1) is 8.88. The topological polar surface area (TPSA) is 49.3 Å². The van der Waals surface area contributed by atoms with Gasteiger partial charge in [0.2, 0.25) is 0 Å². The fourth-order valence-electron chi connectivity index (χ4n) is 1.78. The highest BCUT2D eigenvalue weighted by atomic mass is 19.2. The van der Waals surface area contributed by atoms with Crippen molar-refractivity contribution in [3.8, 4) is 0 Å². The minimum Gasteiger partial charge on any atom is -0.481 e. The maximum absolute atomic E-state index is 13.1. The number of carbonyl (C=O) groups is 1. The van der Waals surface area contributed by atoms with E-state index >= 15 is 0 Å². The Labute approximate surface area is 111 Å². The highest BCUT2D eigenvalue weighted by Gasteiger charge is 2.15. The summed E-state index contributed by atoms with van der Waals surface area (Å²) < 4.78 is 25.9. The molecule has 3 nitrogen and oxygen atoms in total. The van der Waals surface area contributed by atoms with Crippen molar-refractivity contribution in [2.75, 3.05) is 6.54 Å². The van der Waals surface area contributed by atoms with E-state index in [9.17, 15) is 13.6 Å². The molecular weight excluding hydrogens is 252 g/mol. The second-order valence-corrected chi connectivity index (χ2v) is 5.05. The SMILES string of the molecule is CC(C)CNC(CC(=O)O)Cc1ccc(F)c(F)c1. The second kappa shape index (κ2) is 7.19. The third-order valence-corrected chi connectivity index (χ3v) is 2.70. The largest absolute Gasteiger partial charge is 0.481 e. The molecule has 0 saturated heterocycles. The van der Waals surface area contributed by atoms with Crippen molar-refractivity contribution >= 4 is 5.97 Å². The molecule has 1 aromatic rings. The van der Waals surface area contributed by atoms with Crippen molar-refractivity contribution in [1.29, 1.82) is 0 Å². The zero-order valence-electron chi connectivity index (χ0n) is 11.1. The molecule has 0 spiro atoms. The molecular formula is C14H19F2NO2. The first-order valence-corrected chi connectivity index (χ1v) is 6.27. The minimum absolute atomic E-state index is 0.0499. The summed E-state index contributed by atoms with van der Waals surface area (Å²) in [5, 5.41) is 12.0. The third-order valence-electron chi connectivity index (χ3n) is 2.70. The van der Waals surface area contributed by atoms with E-state index in [1.165, 1.54) is 6.07 Å². The van der Waals surface area contributed by atoms with Crippen LogP contribution in [0.4, 0.5) is 8.78 Å². The van der Waals surface area contributed by atoms with E-state index in [-0.39, 0.29) is 12.5 Å². The summed E-state index contributed by atoms with van der Waals surface area (Å²) >= 11 is 0. The Kier molecular flexibility index (Phi) is 5.89. The van der Waals surface area contributed by atoms with E-state index in [4.69, 9.17) is 5.11 Å². The van der Waals surface area contributed by atoms with Gasteiger partial charge in [0.1, 0.15) is 0 Å². The number of aliphatic carboxylic acids is 1. The van der Waals surface area contributed by atoms with Gasteiger partial charge < -0.3 is 10.4 Å². The monoisotopic (exact) mass is 271 g/mol. The number of halogens is 2. The van der Waals surface area contributed by atoms with E-state index in [0.29, 0.717) is 24.4 Å². The molecule has 0 heterocycles. The van der Waals surface area contributed by atoms with Crippen LogP contribution in [0.25, 0.3) is 0 Å². The van der Waals surface area contributed by atoms with Crippen LogP contribution in [-0.4, -0.2) is 23.7 Å². The summed E-state index contributed by atoms with van der Waals surface area (Å²) in [5.74, 6) is -2.32. The van der Waals surface area contributed by atoms with Crippen molar-refractivity contribution in [2.24, 2.45) is 5.92 Å². The van der Waals surface area contributed by atoms with Crippen molar-refractivity contribution in [3.63, 3.8) is 0 Å². The normalized spacial score (nSPS) is 12.7. The lowest BCUT2D eigenvalue weighted by atomic mass is 10.0. The molecule has 0 aliphatic heterocycles. The highest BCUT2D eigenvalue weighted by Crippen LogP contribution is 2.12. The van der Waals surface area contributed by atoms with Gasteiger partial charge in [0.25, 0.3) is 0 Å². The molecule has 0 aliphatic carbocycles. The van der Waals surface area contributed by atoms with Gasteiger partial charge in [-0.3, -0.25) is 4.79 Å². The Hall–Kier alpha value is -1.49. The van der Waals surface area contributed by atoms with Gasteiger partial charge in [-0.2, -0.15) is 0 Å². The van der Waals surface area contributed by atoms with Crippen LogP contribution in [0.5, 0.6) is 0 Å². The average Bonchev–Trinajstić information content (AvgIpc) is 2.30. The predicted octanol–water partition coefficient (Wildman–Crippen LogP) is 2.60. The fraction of sp³-hybridized carbons (Fsp3) is 0.500. The van der Waals surface area contributed by atoms with E-state index in [0.717, 1.165) is 12.1 Å². The number of hydrogen-bond acceptors (Lipinski definition) is 2. The Bertz CT molecular complexity index is 435. The first-order valence-electron chi connectivity index (χ1n) is 6.27. The molecule has 0 aromatic heterocycles. The highest BCUT2D eigenvalue weighted by molar-refractivity contribution is 5.67. The molecule has 1 unspecified atom stereocenters. The van der Waals surface area contributed by atoms with Crippen molar-refractivity contribution < 1.29 is 18.7 Å². The van der Waals surface area contributed by atoms with E-state index in [1.807, 2.05) is 13.8 Å². The van der Waals surface area contributed by atoms with Crippen LogP contribution in [-0.2, 0) is 11.2 Å². The van der Waals surface area contributed by atoms with Gasteiger partial charge in [0.05, 0.1) is 6.42 Å². The summed E-state index contributed by atoms with van der Waals surface area (Å²) in [4.78, 5) is 10.8. The number of carboxylic acids is 1. The van der Waals surface area contributed by atoms with Crippen LogP contribution in [0.15, 0.2) is 18.2 Å². The third kappa shape index (κ3) is 5.79. The van der Waals surface area contributed by atoms with Crippen LogP contribution in [0.2, 0.25) is 0 Å². The lowest BCUT2D eigenvalue weighted by Gasteiger charge is -2.18. The lowest BCUT2D eigenvalue weighted by molar-refractivity contribution is -0.137. The zero-order valence-corrected chi connectivity index (χ0v) is 11.1. The number of rotatable bonds is 7. The molecule has 2 N–H and O–H groups in total. The van der Waals surface area contributed by atoms with E-state index in [1.54, 1.807) is 0 Å². The number of hydrogen-bond donors (Lipinski definition) is 2. The summed E-state index contributed by atoms with van der Waals surface area (Å²) in [6.45, 7) is 4.71. The van der Waals surface area contributed by atoms with Gasteiger partial charge in [-0.15, -0.1) is 0 Å². The Balaban J connectivity index is 2.69. The van der Waals surface area contributed by atoms with Crippen molar-refractivity contribution in [1.82, 2.24) is 5.32 Å². The van der Waals surface area contributed by atoms with E-state index < -0.39 is 17.6 Å². The molecule has 0 bridgehead atoms. The molecule has 0 fully saturated rings. The maximum atomic E-state index is 13.1. The molecule has 106 valence electrons. The molecule has 0 radical (unpaired) electrons. The molecule has 1 atom stereocenters. The first kappa shape index (κ1) is 15.6. The molecule has 1 rings (SSSR count). The van der Waals surface area contributed by atoms with Crippen molar-refractivity contribution in [2.45, 2.75) is 32.7 Å². The molecule has 1 aromatic carbocycles. The molecule has 0 aliphatic rings. The van der Waals surface area contributed by atoms with Crippen LogP contribution < -0.4 is 5.32 Å². The van der Waals surface area contributed by atoms with E-state index in [2.05, 4.69) is 5.32 Å². The van der Waals surface area contributed by atoms with Gasteiger partial charge in [0, 0.05) is 6.04 Å². The van der Waals surface area contributed by atoms with Gasteiger partial charge >= 0.3 is 5.97 Å². The summed E-state index contributed by atoms with van der Waals surface area (Å²) in [6.07, 6.45) is 0.307. The lowest BCUT2D eigenvalue weighted by Crippen LogP contribution is -2.35. The van der Waals surface area contributed by atoms with Crippen LogP contribution in [0.3, 0.4) is 0 Å². The van der Waals surface area contributed by atoms with Gasteiger partial charge in [0.15, 0.2) is 11.6 Å². The number of carboxylic acid groups (broad SMARTS) is 1. The van der Waals surface area contributed by atoms with Gasteiger partial charge in [-0.05, 0) is 36.6 Å². The molecule has 5 heteroatoms. The van der Waals surface area contributed by atoms with Gasteiger partial charge in [-0.1, -0.05) is 19.9 Å². The Morgan fingerprint density at radius 2 is 2.00 bits per heavy atom. The van der Waals surface area contributed by atoms with Crippen LogP contribution >= 0.6 is 0 Å². The smallest absolute Gasteiger partial charge is 0.304 e. The predicted molar refractivity (Wildman–Crippen MR) is 68.9 cm³/mol. The summed E-state index contributed by atoms with van der Waals surface area (Å²) in [5.41, 5.74) is 0.585. The Morgan fingerprint density at radius 3 is 2.53 bits per heavy atom. The summed E-state index contributed by atoms with van der Waals surface area (Å²) in [7, 11) is 0. The molecule has 19 heavy (non-hydrogen) atoms. The van der Waals surface area contributed by atoms with Crippen molar-refractivity contribution in [3.05, 3.63) is 35.4 Å². The average molecular weight is 271 g/mol. The fourth-order valence-corrected chi connectivity index (χ4v) is 1.78. The minimum atomic E-state index is -0.913. The summed E-state index contributed by atoms with van der Waals surface area (Å²) in [6, 6.07) is 3.36. The zero-order chi connectivity index (χ0) is 14.4. The molecule has 0 saturated carbocycles. The quantitative estimate of drug-likeness (QED) is 0.801. The Morgan fingerprint density at radius 1 is 1.32 bits per heavy atom. The molecule has 0 amide bonds. The van der Waals surface area contributed by atoms with Gasteiger partial charge in [-0.25, -0.2) is 8.78 Å². The number of nitrogens with one attached hydrogen (secondary N) is 1. The van der Waals surface area contributed by atoms with Crippen LogP contribution in [0, 0.1) is 17.6 Å². The second-order valence-electron chi connectivity index (χ2n) is 5.05. The van der Waals surface area contributed by atoms with Crippen LogP contribution in [0.1, 0.15) is 25.8 Å². The maximum Gasteiger partial charge on any atom is 0.304 e. The standard InChI is InChI=1S/C14H19F2NO2/c1-9(2)8-17-11(7-14(18)19)5-10-3-4-12(15)13(16)6-10/h3-4,6,9,11,17H,5,7-8H2,1-2H3,(H,18,19). The number of benzene rings is 1.